The minimum absolute atomic E-state index is 0.0216. The summed E-state index contributed by atoms with van der Waals surface area (Å²) < 4.78 is 31.9. The molecule has 1 fully saturated rings. The van der Waals surface area contributed by atoms with Gasteiger partial charge in [0.2, 0.25) is 10.0 Å². The van der Waals surface area contributed by atoms with Gasteiger partial charge in [-0.1, -0.05) is 18.2 Å². The number of nitrogens with one attached hydrogen (secondary N) is 1. The molecule has 1 N–H and O–H groups in total. The van der Waals surface area contributed by atoms with E-state index in [1.165, 1.54) is 9.31 Å². The molecular weight excluding hydrogens is 452 g/mol. The first kappa shape index (κ1) is 24.5. The van der Waals surface area contributed by atoms with E-state index in [0.717, 1.165) is 11.5 Å². The number of carbonyl (C=O) groups is 2. The summed E-state index contributed by atoms with van der Waals surface area (Å²) >= 11 is 1.73. The van der Waals surface area contributed by atoms with Gasteiger partial charge in [0, 0.05) is 37.6 Å². The highest BCUT2D eigenvalue weighted by Gasteiger charge is 2.38. The quantitative estimate of drug-likeness (QED) is 0.586. The number of hydrogen-bond donors (Lipinski definition) is 1. The number of ether oxygens (including phenoxy) is 1. The number of sulfonamides is 1. The zero-order valence-corrected chi connectivity index (χ0v) is 20.2. The van der Waals surface area contributed by atoms with Crippen LogP contribution < -0.4 is 10.3 Å². The number of anilines is 1. The smallest absolute Gasteiger partial charge is 0.331 e. The predicted molar refractivity (Wildman–Crippen MR) is 126 cm³/mol. The maximum atomic E-state index is 12.8. The third-order valence-electron chi connectivity index (χ3n) is 4.88. The van der Waals surface area contributed by atoms with Crippen molar-refractivity contribution < 1.29 is 22.7 Å². The Bertz CT molecular complexity index is 954. The second-order valence-electron chi connectivity index (χ2n) is 8.56. The molecule has 1 amide bonds. The molecule has 0 bridgehead atoms. The molecule has 176 valence electrons. The predicted octanol–water partition coefficient (Wildman–Crippen LogP) is 1.46. The number of benzene rings is 1. The van der Waals surface area contributed by atoms with Crippen molar-refractivity contribution in [3.8, 4) is 0 Å². The number of esters is 1. The van der Waals surface area contributed by atoms with E-state index in [1.54, 1.807) is 44.7 Å². The molecule has 0 aromatic heterocycles. The first-order valence-corrected chi connectivity index (χ1v) is 13.3. The molecule has 1 saturated heterocycles. The van der Waals surface area contributed by atoms with Crippen LogP contribution in [0.3, 0.4) is 0 Å². The standard InChI is InChI=1S/C21H30N4O5S2/c1-21(2,3)30-20(27)18-15-17(23-25(18)16-7-5-4-6-8-16)19(26)22-9-14-32(28,29)24-10-12-31-13-11-24/h4-8,18H,9-15H2,1-3H3,(H,22,26)/t18-/m0/s1. The third-order valence-corrected chi connectivity index (χ3v) is 7.70. The van der Waals surface area contributed by atoms with E-state index < -0.39 is 33.5 Å². The monoisotopic (exact) mass is 482 g/mol. The zero-order chi connectivity index (χ0) is 23.4. The van der Waals surface area contributed by atoms with Gasteiger partial charge in [0.15, 0.2) is 6.04 Å². The van der Waals surface area contributed by atoms with Crippen LogP contribution in [0.25, 0.3) is 0 Å². The van der Waals surface area contributed by atoms with Gasteiger partial charge in [-0.15, -0.1) is 0 Å². The fourth-order valence-electron chi connectivity index (χ4n) is 3.37. The summed E-state index contributed by atoms with van der Waals surface area (Å²) in [7, 11) is -3.42. The van der Waals surface area contributed by atoms with E-state index in [9.17, 15) is 18.0 Å². The Morgan fingerprint density at radius 1 is 1.19 bits per heavy atom. The lowest BCUT2D eigenvalue weighted by Crippen LogP contribution is -2.43. The molecule has 2 aliphatic heterocycles. The molecule has 9 nitrogen and oxygen atoms in total. The van der Waals surface area contributed by atoms with E-state index >= 15 is 0 Å². The summed E-state index contributed by atoms with van der Waals surface area (Å²) in [6.07, 6.45) is 0.0751. The van der Waals surface area contributed by atoms with Crippen LogP contribution in [0, 0.1) is 0 Å². The first-order chi connectivity index (χ1) is 15.1. The minimum atomic E-state index is -3.42. The Labute approximate surface area is 193 Å². The number of amides is 1. The molecule has 1 aromatic carbocycles. The van der Waals surface area contributed by atoms with Crippen LogP contribution in [0.1, 0.15) is 27.2 Å². The van der Waals surface area contributed by atoms with Crippen LogP contribution >= 0.6 is 11.8 Å². The molecule has 1 aromatic rings. The number of thioether (sulfide) groups is 1. The highest BCUT2D eigenvalue weighted by Crippen LogP contribution is 2.26. The highest BCUT2D eigenvalue weighted by molar-refractivity contribution is 7.99. The van der Waals surface area contributed by atoms with Crippen LogP contribution in [0.15, 0.2) is 35.4 Å². The van der Waals surface area contributed by atoms with Crippen molar-refractivity contribution in [3.63, 3.8) is 0 Å². The Hall–Kier alpha value is -2.11. The molecule has 11 heteroatoms. The summed E-state index contributed by atoms with van der Waals surface area (Å²) in [5.74, 6) is 0.433. The molecule has 3 rings (SSSR count). The van der Waals surface area contributed by atoms with E-state index in [-0.39, 0.29) is 24.4 Å². The van der Waals surface area contributed by atoms with Crippen LogP contribution in [0.2, 0.25) is 0 Å². The molecule has 1 atom stereocenters. The van der Waals surface area contributed by atoms with Crippen molar-refractivity contribution in [2.75, 3.05) is 41.9 Å². The van der Waals surface area contributed by atoms with E-state index in [1.807, 2.05) is 18.2 Å². The summed E-state index contributed by atoms with van der Waals surface area (Å²) in [6, 6.07) is 8.31. The van der Waals surface area contributed by atoms with Crippen molar-refractivity contribution in [2.24, 2.45) is 5.10 Å². The van der Waals surface area contributed by atoms with Crippen LogP contribution in [0.5, 0.6) is 0 Å². The van der Waals surface area contributed by atoms with E-state index in [4.69, 9.17) is 4.74 Å². The zero-order valence-electron chi connectivity index (χ0n) is 18.6. The van der Waals surface area contributed by atoms with Gasteiger partial charge < -0.3 is 10.1 Å². The van der Waals surface area contributed by atoms with Gasteiger partial charge in [0.1, 0.15) is 11.3 Å². The van der Waals surface area contributed by atoms with Gasteiger partial charge in [-0.05, 0) is 32.9 Å². The minimum Gasteiger partial charge on any atom is -0.458 e. The fraction of sp³-hybridized carbons (Fsp3) is 0.571. The second-order valence-corrected chi connectivity index (χ2v) is 11.9. The van der Waals surface area contributed by atoms with Gasteiger partial charge in [-0.25, -0.2) is 17.5 Å². The Kier molecular flexibility index (Phi) is 7.84. The Morgan fingerprint density at radius 2 is 1.84 bits per heavy atom. The maximum absolute atomic E-state index is 12.8. The fourth-order valence-corrected chi connectivity index (χ4v) is 5.86. The number of carbonyl (C=O) groups excluding carboxylic acids is 2. The highest BCUT2D eigenvalue weighted by atomic mass is 32.2. The number of para-hydroxylation sites is 1. The molecule has 0 radical (unpaired) electrons. The number of hydrazone groups is 1. The van der Waals surface area contributed by atoms with E-state index in [2.05, 4.69) is 10.4 Å². The normalized spacial score (nSPS) is 20.0. The third kappa shape index (κ3) is 6.46. The van der Waals surface area contributed by atoms with Crippen molar-refractivity contribution in [1.82, 2.24) is 9.62 Å². The van der Waals surface area contributed by atoms with Crippen LogP contribution in [0.4, 0.5) is 5.69 Å². The largest absolute Gasteiger partial charge is 0.458 e. The van der Waals surface area contributed by atoms with Gasteiger partial charge >= 0.3 is 5.97 Å². The molecule has 0 aliphatic carbocycles. The van der Waals surface area contributed by atoms with Gasteiger partial charge in [0.25, 0.3) is 5.91 Å². The maximum Gasteiger partial charge on any atom is 0.331 e. The summed E-state index contributed by atoms with van der Waals surface area (Å²) in [5, 5.41) is 8.50. The number of hydrogen-bond acceptors (Lipinski definition) is 8. The van der Waals surface area contributed by atoms with Crippen LogP contribution in [-0.4, -0.2) is 78.8 Å². The van der Waals surface area contributed by atoms with Crippen molar-refractivity contribution in [3.05, 3.63) is 30.3 Å². The van der Waals surface area contributed by atoms with Gasteiger partial charge in [-0.3, -0.25) is 9.80 Å². The van der Waals surface area contributed by atoms with Gasteiger partial charge in [-0.2, -0.15) is 16.9 Å². The van der Waals surface area contributed by atoms with E-state index in [0.29, 0.717) is 18.8 Å². The summed E-state index contributed by atoms with van der Waals surface area (Å²) in [6.45, 7) is 6.31. The average Bonchev–Trinajstić information content (AvgIpc) is 3.20. The molecule has 0 unspecified atom stereocenters. The SMILES string of the molecule is CC(C)(C)OC(=O)[C@@H]1CC(C(=O)NCCS(=O)(=O)N2CCSCC2)=NN1c1ccccc1. The average molecular weight is 483 g/mol. The molecule has 2 heterocycles. The molecule has 32 heavy (non-hydrogen) atoms. The lowest BCUT2D eigenvalue weighted by Gasteiger charge is -2.26. The van der Waals surface area contributed by atoms with Crippen molar-refractivity contribution in [2.45, 2.75) is 38.8 Å². The summed E-state index contributed by atoms with van der Waals surface area (Å²) in [4.78, 5) is 25.5. The topological polar surface area (TPSA) is 108 Å². The Morgan fingerprint density at radius 3 is 2.47 bits per heavy atom. The lowest BCUT2D eigenvalue weighted by molar-refractivity contribution is -0.156. The number of rotatable bonds is 7. The molecule has 0 saturated carbocycles. The molecule has 0 spiro atoms. The van der Waals surface area contributed by atoms with Crippen molar-refractivity contribution in [1.29, 1.82) is 0 Å². The second kappa shape index (κ2) is 10.2. The van der Waals surface area contributed by atoms with Crippen LogP contribution in [-0.2, 0) is 24.3 Å². The Balaban J connectivity index is 1.65. The molecule has 2 aliphatic rings. The summed E-state index contributed by atoms with van der Waals surface area (Å²) in [5.41, 5.74) is 0.152. The molecular formula is C21H30N4O5S2. The number of nitrogens with zero attached hydrogens (tertiary/aromatic N) is 3. The first-order valence-electron chi connectivity index (χ1n) is 10.6. The lowest BCUT2D eigenvalue weighted by atomic mass is 10.1. The van der Waals surface area contributed by atoms with Crippen molar-refractivity contribution >= 4 is 45.1 Å². The van der Waals surface area contributed by atoms with Gasteiger partial charge in [0.05, 0.1) is 11.4 Å².